The summed E-state index contributed by atoms with van der Waals surface area (Å²) in [7, 11) is 2.86. The van der Waals surface area contributed by atoms with Crippen LogP contribution in [0.25, 0.3) is 0 Å². The van der Waals surface area contributed by atoms with Gasteiger partial charge in [-0.3, -0.25) is 14.6 Å². The maximum atomic E-state index is 12.4. The molecule has 1 aromatic heterocycles. The molecule has 1 fully saturated rings. The minimum absolute atomic E-state index is 0.0586. The summed E-state index contributed by atoms with van der Waals surface area (Å²) in [6, 6.07) is 3.47. The van der Waals surface area contributed by atoms with Crippen LogP contribution in [0.2, 0.25) is 0 Å². The number of esters is 1. The van der Waals surface area contributed by atoms with Crippen LogP contribution >= 0.6 is 0 Å². The number of hydrogen-bond donors (Lipinski definition) is 0. The van der Waals surface area contributed by atoms with E-state index < -0.39 is 11.4 Å². The van der Waals surface area contributed by atoms with Gasteiger partial charge < -0.3 is 14.4 Å². The predicted molar refractivity (Wildman–Crippen MR) is 62.9 cm³/mol. The summed E-state index contributed by atoms with van der Waals surface area (Å²) in [4.78, 5) is 29.4. The number of methoxy groups -OCH3 is 1. The van der Waals surface area contributed by atoms with Crippen molar-refractivity contribution >= 4 is 17.6 Å². The number of carbonyl (C=O) groups is 2. The van der Waals surface area contributed by atoms with Crippen LogP contribution < -0.4 is 4.90 Å². The van der Waals surface area contributed by atoms with E-state index >= 15 is 0 Å². The fourth-order valence-corrected chi connectivity index (χ4v) is 1.82. The van der Waals surface area contributed by atoms with Crippen molar-refractivity contribution in [3.63, 3.8) is 0 Å². The summed E-state index contributed by atoms with van der Waals surface area (Å²) in [5.41, 5.74) is -0.586. The molecule has 6 heteroatoms. The second-order valence-corrected chi connectivity index (χ2v) is 4.14. The highest BCUT2D eigenvalue weighted by atomic mass is 16.5. The zero-order chi connectivity index (χ0) is 13.2. The molecule has 0 spiro atoms. The molecular weight excluding hydrogens is 236 g/mol. The van der Waals surface area contributed by atoms with Gasteiger partial charge in [0.2, 0.25) is 5.91 Å². The first-order valence-electron chi connectivity index (χ1n) is 5.46. The molecule has 0 unspecified atom stereocenters. The molecule has 1 amide bonds. The minimum Gasteiger partial charge on any atom is -0.468 e. The molecule has 96 valence electrons. The van der Waals surface area contributed by atoms with Crippen molar-refractivity contribution in [2.75, 3.05) is 32.3 Å². The number of pyridine rings is 1. The molecule has 1 saturated heterocycles. The van der Waals surface area contributed by atoms with E-state index in [9.17, 15) is 9.59 Å². The van der Waals surface area contributed by atoms with E-state index in [-0.39, 0.29) is 19.1 Å². The van der Waals surface area contributed by atoms with Crippen LogP contribution in [0.3, 0.4) is 0 Å². The summed E-state index contributed by atoms with van der Waals surface area (Å²) >= 11 is 0. The van der Waals surface area contributed by atoms with Gasteiger partial charge in [0.1, 0.15) is 0 Å². The topological polar surface area (TPSA) is 68.7 Å². The van der Waals surface area contributed by atoms with Crippen LogP contribution in [0.5, 0.6) is 0 Å². The molecule has 0 bridgehead atoms. The molecule has 0 aliphatic carbocycles. The van der Waals surface area contributed by atoms with Crippen LogP contribution in [-0.4, -0.2) is 44.2 Å². The Hall–Kier alpha value is -1.95. The molecule has 6 nitrogen and oxygen atoms in total. The van der Waals surface area contributed by atoms with Gasteiger partial charge in [-0.1, -0.05) is 0 Å². The summed E-state index contributed by atoms with van der Waals surface area (Å²) in [6.07, 6.45) is 3.17. The lowest BCUT2D eigenvalue weighted by Crippen LogP contribution is -2.59. The Morgan fingerprint density at radius 3 is 2.67 bits per heavy atom. The van der Waals surface area contributed by atoms with Crippen molar-refractivity contribution < 1.29 is 19.1 Å². The number of hydrogen-bond acceptors (Lipinski definition) is 5. The number of anilines is 1. The standard InChI is InChI=1S/C12H14N2O4/c1-14(9-4-3-5-13-6-9)10(15)12(7-18-8-12)11(16)17-2/h3-6H,7-8H2,1-2H3. The molecule has 1 aromatic rings. The quantitative estimate of drug-likeness (QED) is 0.567. The number of amides is 1. The lowest BCUT2D eigenvalue weighted by atomic mass is 9.84. The van der Waals surface area contributed by atoms with Crippen molar-refractivity contribution in [2.24, 2.45) is 5.41 Å². The van der Waals surface area contributed by atoms with Crippen molar-refractivity contribution in [3.05, 3.63) is 24.5 Å². The highest BCUT2D eigenvalue weighted by Crippen LogP contribution is 2.32. The van der Waals surface area contributed by atoms with E-state index in [1.807, 2.05) is 0 Å². The average Bonchev–Trinajstić information content (AvgIpc) is 2.37. The molecule has 1 aliphatic heterocycles. The Balaban J connectivity index is 2.23. The smallest absolute Gasteiger partial charge is 0.326 e. The molecule has 0 N–H and O–H groups in total. The first kappa shape index (κ1) is 12.5. The Bertz CT molecular complexity index is 456. The first-order valence-corrected chi connectivity index (χ1v) is 5.46. The number of nitrogens with zero attached hydrogens (tertiary/aromatic N) is 2. The van der Waals surface area contributed by atoms with Gasteiger partial charge in [0.05, 0.1) is 32.2 Å². The van der Waals surface area contributed by atoms with E-state index in [4.69, 9.17) is 4.74 Å². The van der Waals surface area contributed by atoms with Gasteiger partial charge in [-0.15, -0.1) is 0 Å². The maximum absolute atomic E-state index is 12.4. The third kappa shape index (κ3) is 1.84. The normalized spacial score (nSPS) is 16.6. The average molecular weight is 250 g/mol. The van der Waals surface area contributed by atoms with Crippen molar-refractivity contribution in [3.8, 4) is 0 Å². The molecule has 0 radical (unpaired) electrons. The largest absolute Gasteiger partial charge is 0.468 e. The van der Waals surface area contributed by atoms with Gasteiger partial charge in [-0.2, -0.15) is 0 Å². The second kappa shape index (κ2) is 4.73. The monoisotopic (exact) mass is 250 g/mol. The molecule has 0 saturated carbocycles. The molecule has 0 aromatic carbocycles. The molecule has 0 atom stereocenters. The van der Waals surface area contributed by atoms with Crippen LogP contribution in [0.1, 0.15) is 0 Å². The fraction of sp³-hybridized carbons (Fsp3) is 0.417. The van der Waals surface area contributed by atoms with Gasteiger partial charge >= 0.3 is 5.97 Å². The van der Waals surface area contributed by atoms with E-state index in [0.29, 0.717) is 5.69 Å². The van der Waals surface area contributed by atoms with E-state index in [0.717, 1.165) is 0 Å². The van der Waals surface area contributed by atoms with Gasteiger partial charge in [-0.25, -0.2) is 0 Å². The van der Waals surface area contributed by atoms with E-state index in [1.165, 1.54) is 12.0 Å². The van der Waals surface area contributed by atoms with Crippen molar-refractivity contribution in [1.82, 2.24) is 4.98 Å². The highest BCUT2D eigenvalue weighted by molar-refractivity contribution is 6.10. The zero-order valence-corrected chi connectivity index (χ0v) is 10.3. The molecule has 18 heavy (non-hydrogen) atoms. The van der Waals surface area contributed by atoms with Crippen LogP contribution in [0, 0.1) is 5.41 Å². The lowest BCUT2D eigenvalue weighted by molar-refractivity contribution is -0.186. The zero-order valence-electron chi connectivity index (χ0n) is 10.3. The van der Waals surface area contributed by atoms with Crippen LogP contribution in [-0.2, 0) is 19.1 Å². The third-order valence-corrected chi connectivity index (χ3v) is 3.02. The second-order valence-electron chi connectivity index (χ2n) is 4.14. The Morgan fingerprint density at radius 2 is 2.22 bits per heavy atom. The number of carbonyl (C=O) groups excluding carboxylic acids is 2. The van der Waals surface area contributed by atoms with E-state index in [1.54, 1.807) is 31.6 Å². The van der Waals surface area contributed by atoms with Crippen molar-refractivity contribution in [1.29, 1.82) is 0 Å². The summed E-state index contributed by atoms with van der Waals surface area (Å²) in [6.45, 7) is 0.117. The number of aromatic nitrogens is 1. The maximum Gasteiger partial charge on any atom is 0.326 e. The number of ether oxygens (including phenoxy) is 2. The summed E-state index contributed by atoms with van der Waals surface area (Å²) in [5.74, 6) is -0.900. The van der Waals surface area contributed by atoms with E-state index in [2.05, 4.69) is 9.72 Å². The first-order chi connectivity index (χ1) is 8.62. The molecule has 1 aliphatic rings. The SMILES string of the molecule is COC(=O)C1(C(=O)N(C)c2cccnc2)COC1. The van der Waals surface area contributed by atoms with Gasteiger partial charge in [0, 0.05) is 13.2 Å². The van der Waals surface area contributed by atoms with Crippen LogP contribution in [0.15, 0.2) is 24.5 Å². The molecular formula is C12H14N2O4. The third-order valence-electron chi connectivity index (χ3n) is 3.02. The van der Waals surface area contributed by atoms with Gasteiger partial charge in [0.25, 0.3) is 0 Å². The molecule has 2 heterocycles. The summed E-state index contributed by atoms with van der Waals surface area (Å²) in [5, 5.41) is 0. The van der Waals surface area contributed by atoms with Gasteiger partial charge in [0.15, 0.2) is 5.41 Å². The Morgan fingerprint density at radius 1 is 1.50 bits per heavy atom. The summed E-state index contributed by atoms with van der Waals surface area (Å²) < 4.78 is 9.69. The molecule has 2 rings (SSSR count). The van der Waals surface area contributed by atoms with Crippen molar-refractivity contribution in [2.45, 2.75) is 0 Å². The van der Waals surface area contributed by atoms with Crippen LogP contribution in [0.4, 0.5) is 5.69 Å². The fourth-order valence-electron chi connectivity index (χ4n) is 1.82. The number of rotatable bonds is 3. The minimum atomic E-state index is -1.21. The Labute approximate surface area is 105 Å². The highest BCUT2D eigenvalue weighted by Gasteiger charge is 2.55. The predicted octanol–water partition coefficient (Wildman–Crippen LogP) is 0.234. The Kier molecular flexibility index (Phi) is 3.29. The van der Waals surface area contributed by atoms with Gasteiger partial charge in [-0.05, 0) is 12.1 Å². The lowest BCUT2D eigenvalue weighted by Gasteiger charge is -2.39.